The predicted octanol–water partition coefficient (Wildman–Crippen LogP) is 4.49. The molecule has 0 radical (unpaired) electrons. The van der Waals surface area contributed by atoms with Gasteiger partial charge in [0.15, 0.2) is 0 Å². The van der Waals surface area contributed by atoms with Crippen LogP contribution in [0.25, 0.3) is 22.2 Å². The Kier molecular flexibility index (Phi) is 7.04. The number of nitrogens with one attached hydrogen (secondary N) is 1. The molecule has 2 amide bonds. The van der Waals surface area contributed by atoms with Gasteiger partial charge >= 0.3 is 6.18 Å². The van der Waals surface area contributed by atoms with Crippen molar-refractivity contribution in [1.82, 2.24) is 20.1 Å². The zero-order valence-electron chi connectivity index (χ0n) is 22.6. The SMILES string of the molecule is NC(=O)[C@@]1(CF)COc2c1cc([C@@](O)(CNC(=O)c1cc(Cl)c3nn(C4CC4)cc3c1)C(F)(F)F)nc2-c1ccc(F)cc1. The first kappa shape index (κ1) is 29.8. The Morgan fingerprint density at radius 2 is 1.89 bits per heavy atom. The van der Waals surface area contributed by atoms with Gasteiger partial charge < -0.3 is 20.9 Å². The first-order valence-electron chi connectivity index (χ1n) is 13.3. The summed E-state index contributed by atoms with van der Waals surface area (Å²) in [5.41, 5.74) is -1.97. The molecule has 1 aliphatic carbocycles. The Hall–Kier alpha value is -4.30. The van der Waals surface area contributed by atoms with Crippen molar-refractivity contribution in [2.75, 3.05) is 19.8 Å². The topological polar surface area (TPSA) is 132 Å². The van der Waals surface area contributed by atoms with Crippen molar-refractivity contribution in [3.05, 3.63) is 76.3 Å². The molecule has 1 saturated carbocycles. The van der Waals surface area contributed by atoms with Crippen LogP contribution in [0, 0.1) is 5.82 Å². The van der Waals surface area contributed by atoms with Crippen LogP contribution in [0.1, 0.15) is 40.5 Å². The van der Waals surface area contributed by atoms with Gasteiger partial charge in [-0.15, -0.1) is 0 Å². The smallest absolute Gasteiger partial charge is 0.424 e. The van der Waals surface area contributed by atoms with Gasteiger partial charge in [0.2, 0.25) is 11.5 Å². The third-order valence-corrected chi connectivity index (χ3v) is 8.22. The zero-order chi connectivity index (χ0) is 31.6. The first-order valence-corrected chi connectivity index (χ1v) is 13.7. The molecule has 6 rings (SSSR count). The van der Waals surface area contributed by atoms with Crippen LogP contribution in [0.15, 0.2) is 48.7 Å². The summed E-state index contributed by atoms with van der Waals surface area (Å²) in [4.78, 5) is 29.5. The quantitative estimate of drug-likeness (QED) is 0.245. The summed E-state index contributed by atoms with van der Waals surface area (Å²) in [5.74, 6) is -3.12. The third-order valence-electron chi connectivity index (χ3n) is 7.93. The van der Waals surface area contributed by atoms with Crippen LogP contribution in [0.2, 0.25) is 5.02 Å². The molecule has 4 N–H and O–H groups in total. The number of pyridine rings is 1. The van der Waals surface area contributed by atoms with Crippen LogP contribution in [-0.4, -0.2) is 57.7 Å². The molecule has 2 atom stereocenters. The maximum Gasteiger partial charge on any atom is 0.424 e. The summed E-state index contributed by atoms with van der Waals surface area (Å²) >= 11 is 6.31. The predicted molar refractivity (Wildman–Crippen MR) is 147 cm³/mol. The molecule has 44 heavy (non-hydrogen) atoms. The highest BCUT2D eigenvalue weighted by Crippen LogP contribution is 2.48. The lowest BCUT2D eigenvalue weighted by Crippen LogP contribution is -2.52. The Bertz CT molecular complexity index is 1810. The van der Waals surface area contributed by atoms with Crippen molar-refractivity contribution in [1.29, 1.82) is 0 Å². The van der Waals surface area contributed by atoms with E-state index in [1.165, 1.54) is 24.3 Å². The summed E-state index contributed by atoms with van der Waals surface area (Å²) in [6, 6.07) is 7.95. The summed E-state index contributed by atoms with van der Waals surface area (Å²) < 4.78 is 79.2. The molecule has 0 spiro atoms. The molecule has 15 heteroatoms. The number of hydrogen-bond acceptors (Lipinski definition) is 6. The summed E-state index contributed by atoms with van der Waals surface area (Å²) in [7, 11) is 0. The number of carbonyl (C=O) groups is 2. The second-order valence-electron chi connectivity index (χ2n) is 10.9. The van der Waals surface area contributed by atoms with Gasteiger partial charge in [0.1, 0.15) is 41.5 Å². The molecule has 4 aromatic rings. The van der Waals surface area contributed by atoms with E-state index >= 15 is 0 Å². The number of nitrogens with two attached hydrogens (primary N) is 1. The second-order valence-corrected chi connectivity index (χ2v) is 11.3. The molecule has 230 valence electrons. The van der Waals surface area contributed by atoms with E-state index in [0.29, 0.717) is 17.0 Å². The Balaban J connectivity index is 1.41. The highest BCUT2D eigenvalue weighted by atomic mass is 35.5. The van der Waals surface area contributed by atoms with Crippen molar-refractivity contribution < 1.29 is 41.4 Å². The van der Waals surface area contributed by atoms with Gasteiger partial charge in [0.25, 0.3) is 5.91 Å². The average molecular weight is 636 g/mol. The summed E-state index contributed by atoms with van der Waals surface area (Å²) in [6.07, 6.45) is -1.89. The number of amides is 2. The zero-order valence-corrected chi connectivity index (χ0v) is 23.3. The number of hydrogen-bond donors (Lipinski definition) is 3. The number of nitrogens with zero attached hydrogens (tertiary/aromatic N) is 3. The number of alkyl halides is 4. The molecular weight excluding hydrogens is 613 g/mol. The monoisotopic (exact) mass is 635 g/mol. The van der Waals surface area contributed by atoms with E-state index in [0.717, 1.165) is 25.0 Å². The largest absolute Gasteiger partial charge is 0.489 e. The lowest BCUT2D eigenvalue weighted by molar-refractivity contribution is -0.265. The Morgan fingerprint density at radius 3 is 2.50 bits per heavy atom. The molecule has 2 aliphatic rings. The number of carbonyl (C=O) groups excluding carboxylic acids is 2. The maximum absolute atomic E-state index is 14.7. The third kappa shape index (κ3) is 4.81. The van der Waals surface area contributed by atoms with Crippen molar-refractivity contribution >= 4 is 34.3 Å². The molecular formula is C29H23ClF5N5O4. The minimum Gasteiger partial charge on any atom is -0.489 e. The van der Waals surface area contributed by atoms with Gasteiger partial charge in [-0.3, -0.25) is 14.3 Å². The van der Waals surface area contributed by atoms with Gasteiger partial charge in [0.05, 0.1) is 23.3 Å². The Morgan fingerprint density at radius 1 is 1.18 bits per heavy atom. The number of rotatable bonds is 8. The van der Waals surface area contributed by atoms with E-state index < -0.39 is 60.3 Å². The number of aromatic nitrogens is 3. The first-order chi connectivity index (χ1) is 20.8. The lowest BCUT2D eigenvalue weighted by Gasteiger charge is -2.31. The highest BCUT2D eigenvalue weighted by molar-refractivity contribution is 6.35. The van der Waals surface area contributed by atoms with E-state index in [1.54, 1.807) is 10.9 Å². The van der Waals surface area contributed by atoms with Crippen molar-refractivity contribution in [3.8, 4) is 17.0 Å². The van der Waals surface area contributed by atoms with Crippen LogP contribution < -0.4 is 15.8 Å². The van der Waals surface area contributed by atoms with Crippen LogP contribution in [0.4, 0.5) is 22.0 Å². The van der Waals surface area contributed by atoms with E-state index in [4.69, 9.17) is 22.1 Å². The molecule has 0 unspecified atom stereocenters. The molecule has 3 heterocycles. The van der Waals surface area contributed by atoms with Gasteiger partial charge in [0, 0.05) is 28.3 Å². The maximum atomic E-state index is 14.7. The van der Waals surface area contributed by atoms with Crippen molar-refractivity contribution in [2.24, 2.45) is 5.73 Å². The van der Waals surface area contributed by atoms with Crippen LogP contribution in [0.3, 0.4) is 0 Å². The van der Waals surface area contributed by atoms with Gasteiger partial charge in [-0.2, -0.15) is 18.3 Å². The average Bonchev–Trinajstić information content (AvgIpc) is 3.62. The van der Waals surface area contributed by atoms with Gasteiger partial charge in [-0.05, 0) is 55.3 Å². The molecule has 2 aromatic heterocycles. The van der Waals surface area contributed by atoms with Crippen LogP contribution >= 0.6 is 11.6 Å². The molecule has 0 saturated heterocycles. The van der Waals surface area contributed by atoms with Crippen LogP contribution in [0.5, 0.6) is 5.75 Å². The van der Waals surface area contributed by atoms with E-state index in [1.807, 2.05) is 0 Å². The van der Waals surface area contributed by atoms with E-state index in [2.05, 4.69) is 15.4 Å². The molecule has 1 fully saturated rings. The highest BCUT2D eigenvalue weighted by Gasteiger charge is 2.58. The summed E-state index contributed by atoms with van der Waals surface area (Å²) in [5, 5.41) is 18.3. The van der Waals surface area contributed by atoms with Crippen LogP contribution in [-0.2, 0) is 15.8 Å². The lowest BCUT2D eigenvalue weighted by atomic mass is 9.81. The fourth-order valence-electron chi connectivity index (χ4n) is 5.12. The summed E-state index contributed by atoms with van der Waals surface area (Å²) in [6.45, 7) is -3.50. The fraction of sp³-hybridized carbons (Fsp3) is 0.310. The van der Waals surface area contributed by atoms with E-state index in [-0.39, 0.29) is 39.2 Å². The minimum absolute atomic E-state index is 0.0480. The standard InChI is InChI=1S/C29H23ClF5N5O4/c30-20-8-15(7-16-10-40(18-5-6-18)39-22(16)20)25(41)37-12-28(43,29(33,34)35)21-9-19-24(44-13-27(19,11-31)26(36)42)23(38-21)14-1-3-17(32)4-2-14/h1-4,7-10,18,43H,5-6,11-13H2,(H2,36,42)(H,37,41)/t27-,28-/m0/s1. The molecule has 9 nitrogen and oxygen atoms in total. The Labute approximate surface area is 250 Å². The minimum atomic E-state index is -5.45. The number of halogens is 6. The fourth-order valence-corrected chi connectivity index (χ4v) is 5.38. The van der Waals surface area contributed by atoms with Gasteiger partial charge in [-0.25, -0.2) is 13.8 Å². The number of fused-ring (bicyclic) bond motifs is 2. The molecule has 1 aliphatic heterocycles. The molecule has 2 aromatic carbocycles. The number of ether oxygens (including phenoxy) is 1. The number of aliphatic hydroxyl groups is 1. The van der Waals surface area contributed by atoms with Crippen molar-refractivity contribution in [3.63, 3.8) is 0 Å². The van der Waals surface area contributed by atoms with Gasteiger partial charge in [-0.1, -0.05) is 11.6 Å². The van der Waals surface area contributed by atoms with Crippen molar-refractivity contribution in [2.45, 2.75) is 36.1 Å². The second kappa shape index (κ2) is 10.4. The number of primary amides is 1. The number of benzene rings is 2. The van der Waals surface area contributed by atoms with E-state index in [9.17, 15) is 36.6 Å². The normalized spacial score (nSPS) is 19.3. The molecule has 0 bridgehead atoms.